The van der Waals surface area contributed by atoms with Crippen molar-refractivity contribution in [3.05, 3.63) is 71.3 Å². The molecule has 2 heterocycles. The lowest BCUT2D eigenvalue weighted by molar-refractivity contribution is 0.0940. The van der Waals surface area contributed by atoms with Gasteiger partial charge >= 0.3 is 0 Å². The second-order valence-corrected chi connectivity index (χ2v) is 9.72. The van der Waals surface area contributed by atoms with Crippen LogP contribution in [0.15, 0.2) is 60.0 Å². The van der Waals surface area contributed by atoms with Gasteiger partial charge in [0.1, 0.15) is 12.7 Å². The highest BCUT2D eigenvalue weighted by atomic mass is 35.5. The largest absolute Gasteiger partial charge is 0.345 e. The number of carbonyl (C=O) groups is 1. The average molecular weight is 460 g/mol. The number of aromatic nitrogens is 3. The Hall–Kier alpha value is -2.75. The molecule has 0 spiro atoms. The van der Waals surface area contributed by atoms with Crippen molar-refractivity contribution >= 4 is 27.5 Å². The van der Waals surface area contributed by atoms with Crippen molar-refractivity contribution in [1.82, 2.24) is 24.4 Å². The van der Waals surface area contributed by atoms with Crippen LogP contribution >= 0.6 is 11.6 Å². The molecule has 2 aromatic carbocycles. The fraction of sp³-hybridized carbons (Fsp3) is 0.286. The van der Waals surface area contributed by atoms with E-state index in [1.807, 2.05) is 31.2 Å². The Bertz CT molecular complexity index is 1170. The van der Waals surface area contributed by atoms with Gasteiger partial charge in [0.05, 0.1) is 27.2 Å². The van der Waals surface area contributed by atoms with Crippen LogP contribution in [0.1, 0.15) is 41.7 Å². The molecular weight excluding hydrogens is 438 g/mol. The number of rotatable bonds is 6. The number of hydrogen-bond acceptors (Lipinski definition) is 5. The SMILES string of the molecule is CC(NC(=O)c1cc(S(=O)(=O)N2CCCC2)ccc1Cl)c1ccc(-n2cncn2)cc1. The van der Waals surface area contributed by atoms with E-state index < -0.39 is 15.9 Å². The van der Waals surface area contributed by atoms with Crippen LogP contribution < -0.4 is 5.32 Å². The molecule has 1 N–H and O–H groups in total. The summed E-state index contributed by atoms with van der Waals surface area (Å²) in [6.07, 6.45) is 4.74. The molecule has 0 bridgehead atoms. The Morgan fingerprint density at radius 1 is 1.13 bits per heavy atom. The predicted octanol–water partition coefficient (Wildman–Crippen LogP) is 3.20. The van der Waals surface area contributed by atoms with Crippen LogP contribution in [0.25, 0.3) is 5.69 Å². The molecule has 1 aliphatic rings. The van der Waals surface area contributed by atoms with Gasteiger partial charge in [0.25, 0.3) is 5.91 Å². The van der Waals surface area contributed by atoms with Crippen LogP contribution in [-0.4, -0.2) is 46.5 Å². The number of amides is 1. The first-order chi connectivity index (χ1) is 14.9. The van der Waals surface area contributed by atoms with Gasteiger partial charge in [-0.3, -0.25) is 4.79 Å². The van der Waals surface area contributed by atoms with E-state index in [1.165, 1.54) is 28.8 Å². The lowest BCUT2D eigenvalue weighted by atomic mass is 10.1. The molecule has 0 saturated carbocycles. The highest BCUT2D eigenvalue weighted by Gasteiger charge is 2.28. The van der Waals surface area contributed by atoms with E-state index in [9.17, 15) is 13.2 Å². The number of carbonyl (C=O) groups excluding carboxylic acids is 1. The van der Waals surface area contributed by atoms with E-state index >= 15 is 0 Å². The molecule has 162 valence electrons. The highest BCUT2D eigenvalue weighted by molar-refractivity contribution is 7.89. The highest BCUT2D eigenvalue weighted by Crippen LogP contribution is 2.26. The summed E-state index contributed by atoms with van der Waals surface area (Å²) in [6.45, 7) is 2.84. The zero-order valence-corrected chi connectivity index (χ0v) is 18.5. The Morgan fingerprint density at radius 2 is 1.84 bits per heavy atom. The summed E-state index contributed by atoms with van der Waals surface area (Å²) < 4.78 is 28.7. The summed E-state index contributed by atoms with van der Waals surface area (Å²) >= 11 is 6.22. The molecule has 1 fully saturated rings. The smallest absolute Gasteiger partial charge is 0.253 e. The third kappa shape index (κ3) is 4.48. The van der Waals surface area contributed by atoms with E-state index in [-0.39, 0.29) is 21.5 Å². The second kappa shape index (κ2) is 8.78. The maximum atomic E-state index is 12.9. The lowest BCUT2D eigenvalue weighted by Crippen LogP contribution is -2.29. The van der Waals surface area contributed by atoms with Crippen LogP contribution in [0.4, 0.5) is 0 Å². The summed E-state index contributed by atoms with van der Waals surface area (Å²) in [5.74, 6) is -0.434. The standard InChI is InChI=1S/C21H22ClN5O3S/c1-15(16-4-6-17(7-5-16)27-14-23-13-24-27)25-21(28)19-12-18(8-9-20(19)22)31(29,30)26-10-2-3-11-26/h4-9,12-15H,2-3,10-11H2,1H3,(H,25,28). The number of sulfonamides is 1. The average Bonchev–Trinajstić information content (AvgIpc) is 3.48. The zero-order valence-electron chi connectivity index (χ0n) is 16.9. The summed E-state index contributed by atoms with van der Waals surface area (Å²) in [5.41, 5.74) is 1.87. The first-order valence-corrected chi connectivity index (χ1v) is 11.7. The first-order valence-electron chi connectivity index (χ1n) is 9.92. The van der Waals surface area contributed by atoms with Crippen molar-refractivity contribution in [3.8, 4) is 5.69 Å². The Labute approximate surface area is 185 Å². The summed E-state index contributed by atoms with van der Waals surface area (Å²) in [6, 6.07) is 11.5. The maximum Gasteiger partial charge on any atom is 0.253 e. The van der Waals surface area contributed by atoms with Crippen LogP contribution in [0.5, 0.6) is 0 Å². The van der Waals surface area contributed by atoms with Crippen molar-refractivity contribution in [2.45, 2.75) is 30.7 Å². The van der Waals surface area contributed by atoms with E-state index in [0.717, 1.165) is 24.1 Å². The number of benzene rings is 2. The van der Waals surface area contributed by atoms with Crippen LogP contribution in [-0.2, 0) is 10.0 Å². The van der Waals surface area contributed by atoms with Crippen molar-refractivity contribution in [1.29, 1.82) is 0 Å². The zero-order chi connectivity index (χ0) is 22.0. The molecule has 1 amide bonds. The molecule has 0 radical (unpaired) electrons. The second-order valence-electron chi connectivity index (χ2n) is 7.38. The minimum atomic E-state index is -3.64. The molecule has 1 aromatic heterocycles. The Morgan fingerprint density at radius 3 is 2.48 bits per heavy atom. The molecule has 1 unspecified atom stereocenters. The molecule has 1 saturated heterocycles. The van der Waals surface area contributed by atoms with E-state index in [1.54, 1.807) is 11.0 Å². The maximum absolute atomic E-state index is 12.9. The number of nitrogens with zero attached hydrogens (tertiary/aromatic N) is 4. The Kier molecular flexibility index (Phi) is 6.08. The van der Waals surface area contributed by atoms with Gasteiger partial charge in [0.2, 0.25) is 10.0 Å². The van der Waals surface area contributed by atoms with Crippen LogP contribution in [0, 0.1) is 0 Å². The molecule has 3 aromatic rings. The summed E-state index contributed by atoms with van der Waals surface area (Å²) in [7, 11) is -3.64. The van der Waals surface area contributed by atoms with Crippen molar-refractivity contribution in [2.24, 2.45) is 0 Å². The van der Waals surface area contributed by atoms with Gasteiger partial charge in [-0.05, 0) is 55.7 Å². The lowest BCUT2D eigenvalue weighted by Gasteiger charge is -2.18. The van der Waals surface area contributed by atoms with Crippen molar-refractivity contribution in [3.63, 3.8) is 0 Å². The normalized spacial score (nSPS) is 15.7. The third-order valence-corrected chi connectivity index (χ3v) is 7.53. The quantitative estimate of drug-likeness (QED) is 0.610. The van der Waals surface area contributed by atoms with E-state index in [4.69, 9.17) is 11.6 Å². The molecule has 0 aliphatic carbocycles. The fourth-order valence-electron chi connectivity index (χ4n) is 3.53. The van der Waals surface area contributed by atoms with Gasteiger partial charge < -0.3 is 5.32 Å². The summed E-state index contributed by atoms with van der Waals surface area (Å²) in [5, 5.41) is 7.17. The van der Waals surface area contributed by atoms with Gasteiger partial charge in [-0.25, -0.2) is 18.1 Å². The molecule has 10 heteroatoms. The van der Waals surface area contributed by atoms with Gasteiger partial charge in [0.15, 0.2) is 0 Å². The van der Waals surface area contributed by atoms with Crippen LogP contribution in [0.2, 0.25) is 5.02 Å². The van der Waals surface area contributed by atoms with Gasteiger partial charge in [-0.2, -0.15) is 9.40 Å². The molecule has 1 aliphatic heterocycles. The number of nitrogens with one attached hydrogen (secondary N) is 1. The molecule has 4 rings (SSSR count). The number of hydrogen-bond donors (Lipinski definition) is 1. The van der Waals surface area contributed by atoms with E-state index in [2.05, 4.69) is 15.4 Å². The monoisotopic (exact) mass is 459 g/mol. The predicted molar refractivity (Wildman–Crippen MR) is 117 cm³/mol. The first kappa shape index (κ1) is 21.5. The van der Waals surface area contributed by atoms with Gasteiger partial charge in [-0.15, -0.1) is 0 Å². The molecule has 1 atom stereocenters. The summed E-state index contributed by atoms with van der Waals surface area (Å²) in [4.78, 5) is 16.9. The topological polar surface area (TPSA) is 97.2 Å². The van der Waals surface area contributed by atoms with Crippen molar-refractivity contribution in [2.75, 3.05) is 13.1 Å². The Balaban J connectivity index is 1.51. The minimum absolute atomic E-state index is 0.0776. The minimum Gasteiger partial charge on any atom is -0.345 e. The third-order valence-electron chi connectivity index (χ3n) is 5.31. The van der Waals surface area contributed by atoms with Gasteiger partial charge in [-0.1, -0.05) is 23.7 Å². The molecule has 31 heavy (non-hydrogen) atoms. The molecule has 8 nitrogen and oxygen atoms in total. The molecular formula is C21H22ClN5O3S. The van der Waals surface area contributed by atoms with E-state index in [0.29, 0.717) is 13.1 Å². The van der Waals surface area contributed by atoms with Crippen molar-refractivity contribution < 1.29 is 13.2 Å². The fourth-order valence-corrected chi connectivity index (χ4v) is 5.28. The number of halogens is 1. The van der Waals surface area contributed by atoms with Crippen LogP contribution in [0.3, 0.4) is 0 Å². The van der Waals surface area contributed by atoms with Gasteiger partial charge in [0, 0.05) is 13.1 Å².